The van der Waals surface area contributed by atoms with Crippen LogP contribution >= 0.6 is 0 Å². The molecule has 21 heavy (non-hydrogen) atoms. The van der Waals surface area contributed by atoms with Gasteiger partial charge in [0.25, 0.3) is 0 Å². The maximum Gasteiger partial charge on any atom is 0.237 e. The van der Waals surface area contributed by atoms with Crippen molar-refractivity contribution in [2.45, 2.75) is 19.5 Å². The molecule has 0 bridgehead atoms. The predicted molar refractivity (Wildman–Crippen MR) is 84.5 cm³/mol. The van der Waals surface area contributed by atoms with E-state index in [0.717, 1.165) is 6.54 Å². The molecule has 116 valence electrons. The molecule has 0 aromatic heterocycles. The van der Waals surface area contributed by atoms with Gasteiger partial charge in [-0.2, -0.15) is 0 Å². The van der Waals surface area contributed by atoms with Crippen molar-refractivity contribution in [2.24, 2.45) is 0 Å². The maximum atomic E-state index is 12.4. The average Bonchev–Trinajstić information content (AvgIpc) is 2.61. The molecule has 0 spiro atoms. The summed E-state index contributed by atoms with van der Waals surface area (Å²) in [6.45, 7) is 5.30. The zero-order valence-electron chi connectivity index (χ0n) is 13.1. The van der Waals surface area contributed by atoms with Gasteiger partial charge in [0.05, 0.1) is 13.2 Å². The van der Waals surface area contributed by atoms with Crippen LogP contribution in [0.3, 0.4) is 0 Å². The highest BCUT2D eigenvalue weighted by atomic mass is 16.5. The van der Waals surface area contributed by atoms with Gasteiger partial charge in [-0.15, -0.1) is 0 Å². The lowest BCUT2D eigenvalue weighted by atomic mass is 10.1. The number of para-hydroxylation sites is 1. The number of hydrogen-bond acceptors (Lipinski definition) is 4. The second kappa shape index (κ2) is 7.43. The highest BCUT2D eigenvalue weighted by molar-refractivity contribution is 5.79. The Hall–Kier alpha value is -1.59. The number of fused-ring (bicyclic) bond motifs is 1. The van der Waals surface area contributed by atoms with E-state index in [1.807, 2.05) is 17.0 Å². The van der Waals surface area contributed by atoms with Crippen molar-refractivity contribution in [1.82, 2.24) is 10.2 Å². The number of methoxy groups -OCH3 is 1. The van der Waals surface area contributed by atoms with E-state index in [1.165, 1.54) is 11.3 Å². The van der Waals surface area contributed by atoms with Crippen molar-refractivity contribution in [3.8, 4) is 0 Å². The summed E-state index contributed by atoms with van der Waals surface area (Å²) in [5, 5.41) is 3.13. The lowest BCUT2D eigenvalue weighted by molar-refractivity contribution is -0.132. The maximum absolute atomic E-state index is 12.4. The molecule has 1 heterocycles. The van der Waals surface area contributed by atoms with Crippen LogP contribution in [0.2, 0.25) is 0 Å². The second-order valence-corrected chi connectivity index (χ2v) is 5.55. The number of likely N-dealkylation sites (N-methyl/N-ethyl adjacent to an activating group) is 1. The first kappa shape index (κ1) is 15.8. The van der Waals surface area contributed by atoms with E-state index >= 15 is 0 Å². The minimum atomic E-state index is 0.142. The SMILES string of the molecule is COCCNCC(=O)N1Cc2ccccc2N(C)C[C@@H]1C. The van der Waals surface area contributed by atoms with Gasteiger partial charge in [0.1, 0.15) is 0 Å². The summed E-state index contributed by atoms with van der Waals surface area (Å²) in [6.07, 6.45) is 0. The van der Waals surface area contributed by atoms with E-state index in [9.17, 15) is 4.79 Å². The van der Waals surface area contributed by atoms with Crippen molar-refractivity contribution in [1.29, 1.82) is 0 Å². The summed E-state index contributed by atoms with van der Waals surface area (Å²) in [6, 6.07) is 8.49. The number of carbonyl (C=O) groups excluding carboxylic acids is 1. The average molecular weight is 291 g/mol. The first-order valence-corrected chi connectivity index (χ1v) is 7.41. The molecule has 0 unspecified atom stereocenters. The van der Waals surface area contributed by atoms with Gasteiger partial charge in [-0.1, -0.05) is 18.2 Å². The monoisotopic (exact) mass is 291 g/mol. The summed E-state index contributed by atoms with van der Waals surface area (Å²) in [5.41, 5.74) is 2.42. The first-order valence-electron chi connectivity index (χ1n) is 7.41. The smallest absolute Gasteiger partial charge is 0.237 e. The zero-order chi connectivity index (χ0) is 15.2. The van der Waals surface area contributed by atoms with Gasteiger partial charge in [-0.05, 0) is 18.6 Å². The molecule has 5 nitrogen and oxygen atoms in total. The van der Waals surface area contributed by atoms with E-state index in [0.29, 0.717) is 26.2 Å². The molecular formula is C16H25N3O2. The fraction of sp³-hybridized carbons (Fsp3) is 0.562. The van der Waals surface area contributed by atoms with Crippen molar-refractivity contribution < 1.29 is 9.53 Å². The van der Waals surface area contributed by atoms with Crippen LogP contribution in [-0.2, 0) is 16.1 Å². The minimum absolute atomic E-state index is 0.142. The molecule has 5 heteroatoms. The molecule has 0 saturated carbocycles. The summed E-state index contributed by atoms with van der Waals surface area (Å²) in [4.78, 5) is 16.6. The molecule has 1 aliphatic heterocycles. The Kier molecular flexibility index (Phi) is 5.59. The number of hydrogen-bond donors (Lipinski definition) is 1. The molecule has 1 aromatic rings. The normalized spacial score (nSPS) is 18.3. The van der Waals surface area contributed by atoms with Crippen molar-refractivity contribution >= 4 is 11.6 Å². The van der Waals surface area contributed by atoms with Gasteiger partial charge in [0.2, 0.25) is 5.91 Å². The van der Waals surface area contributed by atoms with Crippen molar-refractivity contribution in [2.75, 3.05) is 45.3 Å². The Morgan fingerprint density at radius 2 is 2.19 bits per heavy atom. The molecule has 0 aliphatic carbocycles. The van der Waals surface area contributed by atoms with Crippen LogP contribution in [-0.4, -0.2) is 57.2 Å². The predicted octanol–water partition coefficient (Wildman–Crippen LogP) is 1.09. The van der Waals surface area contributed by atoms with Crippen molar-refractivity contribution in [3.63, 3.8) is 0 Å². The Balaban J connectivity index is 2.04. The van der Waals surface area contributed by atoms with Crippen LogP contribution in [0.25, 0.3) is 0 Å². The number of nitrogens with one attached hydrogen (secondary N) is 1. The van der Waals surface area contributed by atoms with Gasteiger partial charge in [-0.25, -0.2) is 0 Å². The van der Waals surface area contributed by atoms with Crippen LogP contribution in [0.1, 0.15) is 12.5 Å². The molecule has 1 N–H and O–H groups in total. The zero-order valence-corrected chi connectivity index (χ0v) is 13.1. The van der Waals surface area contributed by atoms with E-state index in [2.05, 4.69) is 36.3 Å². The number of anilines is 1. The Morgan fingerprint density at radius 3 is 2.95 bits per heavy atom. The molecule has 0 fully saturated rings. The molecule has 1 atom stereocenters. The molecule has 2 rings (SSSR count). The fourth-order valence-corrected chi connectivity index (χ4v) is 2.75. The summed E-state index contributed by atoms with van der Waals surface area (Å²) in [7, 11) is 3.74. The molecule has 0 saturated heterocycles. The summed E-state index contributed by atoms with van der Waals surface area (Å²) < 4.78 is 4.98. The highest BCUT2D eigenvalue weighted by Gasteiger charge is 2.26. The lowest BCUT2D eigenvalue weighted by Gasteiger charge is -2.28. The van der Waals surface area contributed by atoms with Gasteiger partial charge in [-0.3, -0.25) is 4.79 Å². The number of benzene rings is 1. The largest absolute Gasteiger partial charge is 0.383 e. The number of amides is 1. The van der Waals surface area contributed by atoms with Crippen LogP contribution in [0.4, 0.5) is 5.69 Å². The van der Waals surface area contributed by atoms with Gasteiger partial charge in [0.15, 0.2) is 0 Å². The quantitative estimate of drug-likeness (QED) is 0.825. The highest BCUT2D eigenvalue weighted by Crippen LogP contribution is 2.25. The molecule has 1 aliphatic rings. The number of rotatable bonds is 5. The lowest BCUT2D eigenvalue weighted by Crippen LogP contribution is -2.45. The minimum Gasteiger partial charge on any atom is -0.383 e. The topological polar surface area (TPSA) is 44.8 Å². The summed E-state index contributed by atoms with van der Waals surface area (Å²) in [5.74, 6) is 0.142. The Labute approximate surface area is 126 Å². The number of nitrogens with zero attached hydrogens (tertiary/aromatic N) is 2. The third kappa shape index (κ3) is 3.95. The van der Waals surface area contributed by atoms with Gasteiger partial charge < -0.3 is 19.9 Å². The van der Waals surface area contributed by atoms with E-state index in [4.69, 9.17) is 4.74 Å². The van der Waals surface area contributed by atoms with Gasteiger partial charge >= 0.3 is 0 Å². The summed E-state index contributed by atoms with van der Waals surface area (Å²) >= 11 is 0. The number of carbonyl (C=O) groups is 1. The molecule has 1 aromatic carbocycles. The van der Waals surface area contributed by atoms with E-state index in [-0.39, 0.29) is 11.9 Å². The second-order valence-electron chi connectivity index (χ2n) is 5.55. The first-order chi connectivity index (χ1) is 10.1. The van der Waals surface area contributed by atoms with Crippen LogP contribution in [0, 0.1) is 0 Å². The van der Waals surface area contributed by atoms with Gasteiger partial charge in [0, 0.05) is 45.5 Å². The van der Waals surface area contributed by atoms with Crippen LogP contribution in [0.5, 0.6) is 0 Å². The Bertz CT molecular complexity index is 478. The third-order valence-corrected chi connectivity index (χ3v) is 3.89. The van der Waals surface area contributed by atoms with E-state index in [1.54, 1.807) is 7.11 Å². The van der Waals surface area contributed by atoms with E-state index < -0.39 is 0 Å². The third-order valence-electron chi connectivity index (χ3n) is 3.89. The number of ether oxygens (including phenoxy) is 1. The van der Waals surface area contributed by atoms with Crippen LogP contribution < -0.4 is 10.2 Å². The standard InChI is InChI=1S/C16H25N3O2/c1-13-11-18(2)15-7-5-4-6-14(15)12-19(13)16(20)10-17-8-9-21-3/h4-7,13,17H,8-12H2,1-3H3/t13-/m0/s1. The molecular weight excluding hydrogens is 266 g/mol. The Morgan fingerprint density at radius 1 is 1.43 bits per heavy atom. The van der Waals surface area contributed by atoms with Crippen molar-refractivity contribution in [3.05, 3.63) is 29.8 Å². The molecule has 1 amide bonds. The van der Waals surface area contributed by atoms with Crippen LogP contribution in [0.15, 0.2) is 24.3 Å². The fourth-order valence-electron chi connectivity index (χ4n) is 2.75. The molecule has 0 radical (unpaired) electrons.